The van der Waals surface area contributed by atoms with Crippen molar-refractivity contribution in [3.8, 4) is 5.75 Å². The lowest BCUT2D eigenvalue weighted by Gasteiger charge is -2.27. The second kappa shape index (κ2) is 11.2. The van der Waals surface area contributed by atoms with Gasteiger partial charge in [-0.3, -0.25) is 4.79 Å². The highest BCUT2D eigenvalue weighted by atomic mass is 32.2. The molecular formula is C24H29N6O2S3+. The minimum atomic E-state index is -0.502. The molecule has 35 heavy (non-hydrogen) atoms. The third-order valence-electron chi connectivity index (χ3n) is 5.85. The number of nitrogens with zero attached hydrogens (tertiary/aromatic N) is 3. The number of rotatable bonds is 9. The summed E-state index contributed by atoms with van der Waals surface area (Å²) >= 11 is 5.49. The summed E-state index contributed by atoms with van der Waals surface area (Å²) in [5, 5.41) is 3.61. The van der Waals surface area contributed by atoms with E-state index in [0.717, 1.165) is 40.4 Å². The Labute approximate surface area is 217 Å². The van der Waals surface area contributed by atoms with Gasteiger partial charge in [-0.25, -0.2) is 9.98 Å². The van der Waals surface area contributed by atoms with Crippen LogP contribution in [0.3, 0.4) is 0 Å². The van der Waals surface area contributed by atoms with Crippen molar-refractivity contribution in [1.82, 2.24) is 14.9 Å². The molecule has 11 heteroatoms. The van der Waals surface area contributed by atoms with E-state index in [0.29, 0.717) is 11.0 Å². The first-order valence-corrected chi connectivity index (χ1v) is 14.3. The molecular weight excluding hydrogens is 501 g/mol. The Bertz CT molecular complexity index is 1210. The Hall–Kier alpha value is -2.34. The number of aromatic nitrogens is 2. The van der Waals surface area contributed by atoms with Crippen LogP contribution in [0.25, 0.3) is 10.9 Å². The molecule has 1 aromatic carbocycles. The fourth-order valence-electron chi connectivity index (χ4n) is 4.19. The van der Waals surface area contributed by atoms with E-state index in [1.807, 2.05) is 60.9 Å². The van der Waals surface area contributed by atoms with Crippen molar-refractivity contribution in [2.75, 3.05) is 55.6 Å². The van der Waals surface area contributed by atoms with Gasteiger partial charge >= 0.3 is 0 Å². The van der Waals surface area contributed by atoms with Gasteiger partial charge in [-0.05, 0) is 36.0 Å². The van der Waals surface area contributed by atoms with Gasteiger partial charge in [0.25, 0.3) is 11.0 Å². The molecule has 2 aromatic heterocycles. The number of aromatic amines is 1. The summed E-state index contributed by atoms with van der Waals surface area (Å²) in [6, 6.07) is 11.9. The average molecular weight is 530 g/mol. The normalized spacial score (nSPS) is 18.5. The maximum absolute atomic E-state index is 11.3. The fraction of sp³-hybridized carbons (Fsp3) is 0.375. The quantitative estimate of drug-likeness (QED) is 0.359. The number of nitrogens with two attached hydrogens (primary N) is 1. The number of nitrogens with one attached hydrogen (secondary N) is 2. The summed E-state index contributed by atoms with van der Waals surface area (Å²) in [5.74, 6) is 2.56. The molecule has 0 radical (unpaired) electrons. The molecule has 1 saturated heterocycles. The van der Waals surface area contributed by atoms with E-state index in [2.05, 4.69) is 30.2 Å². The Kier molecular flexibility index (Phi) is 7.76. The van der Waals surface area contributed by atoms with Crippen molar-refractivity contribution in [3.05, 3.63) is 48.3 Å². The minimum Gasteiger partial charge on any atom is -0.484 e. The molecule has 1 amide bonds. The van der Waals surface area contributed by atoms with Crippen molar-refractivity contribution < 1.29 is 14.5 Å². The number of amides is 1. The smallest absolute Gasteiger partial charge is 0.257 e. The zero-order chi connectivity index (χ0) is 24.2. The fourth-order valence-corrected chi connectivity index (χ4v) is 7.12. The zero-order valence-corrected chi connectivity index (χ0v) is 22.0. The molecule has 8 nitrogen and oxygen atoms in total. The van der Waals surface area contributed by atoms with Gasteiger partial charge in [0.15, 0.2) is 13.2 Å². The highest BCUT2D eigenvalue weighted by Crippen LogP contribution is 2.37. The van der Waals surface area contributed by atoms with E-state index >= 15 is 0 Å². The van der Waals surface area contributed by atoms with Gasteiger partial charge in [0.05, 0.1) is 16.5 Å². The highest BCUT2D eigenvalue weighted by Gasteiger charge is 2.30. The van der Waals surface area contributed by atoms with Gasteiger partial charge in [-0.2, -0.15) is 11.8 Å². The summed E-state index contributed by atoms with van der Waals surface area (Å²) in [7, 11) is 2.00. The van der Waals surface area contributed by atoms with E-state index < -0.39 is 5.91 Å². The number of hydrogen-bond donors (Lipinski definition) is 3. The predicted molar refractivity (Wildman–Crippen MR) is 147 cm³/mol. The standard InChI is InChI=1S/C24H28N6O2S3/c1-29(35-22-4-2-3-5-26-22)20-12-17(32-15-21(25)31)10-16-11-19(28-23(16)20)24-27-13-18(34-24)14-30-6-8-33-9-7-30/h2-5,10-12,18,28H,6-9,13-15H2,1H3,(H2,25,31)/p+1. The van der Waals surface area contributed by atoms with Crippen LogP contribution in [-0.2, 0) is 4.79 Å². The number of ether oxygens (including phenoxy) is 1. The first-order chi connectivity index (χ1) is 17.0. The molecule has 4 heterocycles. The van der Waals surface area contributed by atoms with Crippen molar-refractivity contribution in [1.29, 1.82) is 0 Å². The highest BCUT2D eigenvalue weighted by molar-refractivity contribution is 8.14. The lowest BCUT2D eigenvalue weighted by atomic mass is 10.2. The van der Waals surface area contributed by atoms with Crippen molar-refractivity contribution in [2.45, 2.75) is 10.3 Å². The van der Waals surface area contributed by atoms with Crippen LogP contribution >= 0.6 is 35.5 Å². The van der Waals surface area contributed by atoms with Crippen LogP contribution in [0, 0.1) is 0 Å². The van der Waals surface area contributed by atoms with E-state index in [1.54, 1.807) is 6.20 Å². The third kappa shape index (κ3) is 6.08. The van der Waals surface area contributed by atoms with Crippen LogP contribution in [0.4, 0.5) is 5.69 Å². The lowest BCUT2D eigenvalue weighted by Crippen LogP contribution is -2.71. The van der Waals surface area contributed by atoms with Crippen LogP contribution in [0.1, 0.15) is 5.69 Å². The number of benzene rings is 1. The predicted octanol–water partition coefficient (Wildman–Crippen LogP) is 1.56. The summed E-state index contributed by atoms with van der Waals surface area (Å²) in [6.45, 7) is 4.28. The SMILES string of the molecule is CN(Sc1ccccn1)c1cc(OCC(N)=O)cc2cc(C3=[NH+]CC(CN4CCSCC4)S3)[nH]c12. The molecule has 0 aliphatic carbocycles. The van der Waals surface area contributed by atoms with Gasteiger partial charge in [-0.1, -0.05) is 6.07 Å². The molecule has 2 aliphatic heterocycles. The molecule has 2 aliphatic rings. The van der Waals surface area contributed by atoms with Crippen LogP contribution in [-0.4, -0.2) is 82.4 Å². The number of hydrogen-bond acceptors (Lipinski definition) is 8. The Morgan fingerprint density at radius 3 is 2.97 bits per heavy atom. The Morgan fingerprint density at radius 2 is 2.20 bits per heavy atom. The summed E-state index contributed by atoms with van der Waals surface area (Å²) < 4.78 is 7.73. The maximum Gasteiger partial charge on any atom is 0.257 e. The van der Waals surface area contributed by atoms with E-state index in [4.69, 9.17) is 10.5 Å². The molecule has 0 bridgehead atoms. The van der Waals surface area contributed by atoms with E-state index in [1.165, 1.54) is 41.6 Å². The molecule has 4 N–H and O–H groups in total. The minimum absolute atomic E-state index is 0.162. The zero-order valence-electron chi connectivity index (χ0n) is 19.5. The van der Waals surface area contributed by atoms with Crippen molar-refractivity contribution in [3.63, 3.8) is 0 Å². The topological polar surface area (TPSA) is 101 Å². The number of pyridine rings is 1. The molecule has 1 atom stereocenters. The summed E-state index contributed by atoms with van der Waals surface area (Å²) in [5.41, 5.74) is 8.31. The van der Waals surface area contributed by atoms with Gasteiger partial charge < -0.3 is 24.7 Å². The average Bonchev–Trinajstić information content (AvgIpc) is 3.50. The molecule has 5 rings (SSSR count). The van der Waals surface area contributed by atoms with Crippen molar-refractivity contribution >= 4 is 63.0 Å². The number of carbonyl (C=O) groups is 1. The molecule has 0 saturated carbocycles. The first kappa shape index (κ1) is 24.4. The Morgan fingerprint density at radius 1 is 1.34 bits per heavy atom. The number of primary amides is 1. The summed E-state index contributed by atoms with van der Waals surface area (Å²) in [4.78, 5) is 25.5. The largest absolute Gasteiger partial charge is 0.484 e. The van der Waals surface area contributed by atoms with Gasteiger partial charge in [-0.15, -0.1) is 0 Å². The van der Waals surface area contributed by atoms with Crippen LogP contribution < -0.4 is 19.8 Å². The number of thioether (sulfide) groups is 2. The molecule has 184 valence electrons. The monoisotopic (exact) mass is 529 g/mol. The Balaban J connectivity index is 1.39. The van der Waals surface area contributed by atoms with Gasteiger partial charge in [0.1, 0.15) is 16.5 Å². The van der Waals surface area contributed by atoms with Crippen LogP contribution in [0.15, 0.2) is 47.6 Å². The second-order valence-electron chi connectivity index (χ2n) is 8.46. The number of H-pyrrole nitrogens is 1. The van der Waals surface area contributed by atoms with Crippen LogP contribution in [0.2, 0.25) is 0 Å². The molecule has 0 spiro atoms. The maximum atomic E-state index is 11.3. The van der Waals surface area contributed by atoms with E-state index in [9.17, 15) is 4.79 Å². The lowest BCUT2D eigenvalue weighted by molar-refractivity contribution is -0.448. The number of fused-ring (bicyclic) bond motifs is 1. The van der Waals surface area contributed by atoms with Crippen molar-refractivity contribution in [2.24, 2.45) is 5.73 Å². The number of anilines is 1. The van der Waals surface area contributed by atoms with E-state index in [-0.39, 0.29) is 6.61 Å². The number of carbonyl (C=O) groups excluding carboxylic acids is 1. The summed E-state index contributed by atoms with van der Waals surface area (Å²) in [6.07, 6.45) is 1.78. The molecule has 1 unspecified atom stereocenters. The third-order valence-corrected chi connectivity index (χ3v) is 8.95. The van der Waals surface area contributed by atoms with Gasteiger partial charge in [0.2, 0.25) is 0 Å². The second-order valence-corrected chi connectivity index (χ2v) is 12.1. The van der Waals surface area contributed by atoms with Gasteiger partial charge in [0, 0.05) is 67.8 Å². The molecule has 3 aromatic rings. The van der Waals surface area contributed by atoms with Crippen LogP contribution in [0.5, 0.6) is 5.75 Å². The molecule has 1 fully saturated rings. The first-order valence-electron chi connectivity index (χ1n) is 11.5.